The zero-order valence-electron chi connectivity index (χ0n) is 13.7. The Morgan fingerprint density at radius 3 is 2.83 bits per heavy atom. The Morgan fingerprint density at radius 2 is 2.13 bits per heavy atom. The summed E-state index contributed by atoms with van der Waals surface area (Å²) in [5.41, 5.74) is 1.88. The van der Waals surface area contributed by atoms with Crippen molar-refractivity contribution in [3.05, 3.63) is 36.0 Å². The van der Waals surface area contributed by atoms with E-state index in [2.05, 4.69) is 15.5 Å². The Balaban J connectivity index is 2.03. The van der Waals surface area contributed by atoms with Gasteiger partial charge in [0.25, 0.3) is 5.91 Å². The van der Waals surface area contributed by atoms with Gasteiger partial charge >= 0.3 is 0 Å². The number of hydrogen-bond donors (Lipinski definition) is 3. The fourth-order valence-electron chi connectivity index (χ4n) is 2.46. The van der Waals surface area contributed by atoms with Crippen LogP contribution < -0.4 is 10.1 Å². The summed E-state index contributed by atoms with van der Waals surface area (Å²) in [6.45, 7) is 4.24. The third kappa shape index (κ3) is 4.56. The Morgan fingerprint density at radius 1 is 1.39 bits per heavy atom. The molecule has 124 valence electrons. The number of hydrogen-bond acceptors (Lipinski definition) is 4. The molecule has 1 aromatic heterocycles. The number of aromatic nitrogens is 2. The van der Waals surface area contributed by atoms with Crippen LogP contribution in [-0.4, -0.2) is 41.0 Å². The highest BCUT2D eigenvalue weighted by Crippen LogP contribution is 2.28. The minimum Gasteiger partial charge on any atom is -0.496 e. The second-order valence-corrected chi connectivity index (χ2v) is 5.77. The number of aromatic amines is 1. The first-order valence-corrected chi connectivity index (χ1v) is 7.66. The van der Waals surface area contributed by atoms with Crippen LogP contribution in [0.2, 0.25) is 0 Å². The first-order valence-electron chi connectivity index (χ1n) is 7.66. The molecule has 1 aromatic carbocycles. The van der Waals surface area contributed by atoms with Gasteiger partial charge in [-0.25, -0.2) is 0 Å². The van der Waals surface area contributed by atoms with Crippen LogP contribution in [0, 0.1) is 5.92 Å². The quantitative estimate of drug-likeness (QED) is 0.731. The lowest BCUT2D eigenvalue weighted by atomic mass is 10.0. The number of carbonyl (C=O) groups is 1. The van der Waals surface area contributed by atoms with Crippen molar-refractivity contribution in [2.75, 3.05) is 13.7 Å². The largest absolute Gasteiger partial charge is 0.496 e. The molecule has 0 spiro atoms. The van der Waals surface area contributed by atoms with Gasteiger partial charge in [0.05, 0.1) is 18.9 Å². The van der Waals surface area contributed by atoms with Crippen molar-refractivity contribution < 1.29 is 14.6 Å². The van der Waals surface area contributed by atoms with Gasteiger partial charge < -0.3 is 15.2 Å². The summed E-state index contributed by atoms with van der Waals surface area (Å²) >= 11 is 0. The normalized spacial score (nSPS) is 13.4. The fourth-order valence-corrected chi connectivity index (χ4v) is 2.46. The highest BCUT2D eigenvalue weighted by Gasteiger charge is 2.14. The van der Waals surface area contributed by atoms with Crippen molar-refractivity contribution in [2.24, 2.45) is 5.92 Å². The smallest absolute Gasteiger partial charge is 0.269 e. The van der Waals surface area contributed by atoms with E-state index in [9.17, 15) is 9.90 Å². The van der Waals surface area contributed by atoms with Crippen LogP contribution in [-0.2, 0) is 0 Å². The van der Waals surface area contributed by atoms with Crippen molar-refractivity contribution in [2.45, 2.75) is 26.4 Å². The zero-order valence-corrected chi connectivity index (χ0v) is 13.7. The maximum absolute atomic E-state index is 12.2. The van der Waals surface area contributed by atoms with E-state index in [1.807, 2.05) is 31.2 Å². The van der Waals surface area contributed by atoms with E-state index in [0.717, 1.165) is 5.56 Å². The average molecular weight is 317 g/mol. The lowest BCUT2D eigenvalue weighted by Gasteiger charge is -2.13. The number of methoxy groups -OCH3 is 1. The second kappa shape index (κ2) is 7.78. The Bertz CT molecular complexity index is 652. The van der Waals surface area contributed by atoms with E-state index in [0.29, 0.717) is 30.1 Å². The van der Waals surface area contributed by atoms with Crippen LogP contribution in [0.15, 0.2) is 30.3 Å². The van der Waals surface area contributed by atoms with Gasteiger partial charge in [0.1, 0.15) is 11.4 Å². The van der Waals surface area contributed by atoms with Gasteiger partial charge in [0.2, 0.25) is 0 Å². The predicted octanol–water partition coefficient (Wildman–Crippen LogP) is 2.22. The molecule has 2 atom stereocenters. The van der Waals surface area contributed by atoms with Gasteiger partial charge in [-0.2, -0.15) is 5.10 Å². The summed E-state index contributed by atoms with van der Waals surface area (Å²) < 4.78 is 5.31. The summed E-state index contributed by atoms with van der Waals surface area (Å²) in [5, 5.41) is 19.1. The van der Waals surface area contributed by atoms with Crippen LogP contribution in [0.25, 0.3) is 11.3 Å². The topological polar surface area (TPSA) is 87.2 Å². The lowest BCUT2D eigenvalue weighted by Crippen LogP contribution is -2.29. The molecular formula is C17H23N3O3. The standard InChI is InChI=1S/C17H23N3O3/c1-11(8-12(2)21)10-18-17(22)15-9-14(19-20-15)13-6-4-5-7-16(13)23-3/h4-7,9,11-12,21H,8,10H2,1-3H3,(H,18,22)(H,19,20). The van der Waals surface area contributed by atoms with Crippen molar-refractivity contribution >= 4 is 5.91 Å². The molecule has 23 heavy (non-hydrogen) atoms. The van der Waals surface area contributed by atoms with E-state index in [1.165, 1.54) is 0 Å². The maximum Gasteiger partial charge on any atom is 0.269 e. The molecule has 0 aliphatic heterocycles. The van der Waals surface area contributed by atoms with E-state index in [4.69, 9.17) is 4.74 Å². The number of H-pyrrole nitrogens is 1. The van der Waals surface area contributed by atoms with Crippen molar-refractivity contribution in [1.82, 2.24) is 15.5 Å². The molecule has 0 bridgehead atoms. The number of amides is 1. The van der Waals surface area contributed by atoms with Crippen LogP contribution in [0.3, 0.4) is 0 Å². The Labute approximate surface area is 135 Å². The number of para-hydroxylation sites is 1. The average Bonchev–Trinajstić information content (AvgIpc) is 3.01. The molecule has 0 radical (unpaired) electrons. The van der Waals surface area contributed by atoms with Gasteiger partial charge in [-0.1, -0.05) is 19.1 Å². The Kier molecular flexibility index (Phi) is 5.76. The molecular weight excluding hydrogens is 294 g/mol. The van der Waals surface area contributed by atoms with Gasteiger partial charge in [0.15, 0.2) is 0 Å². The minimum absolute atomic E-state index is 0.204. The van der Waals surface area contributed by atoms with Crippen LogP contribution in [0.5, 0.6) is 5.75 Å². The molecule has 2 aromatic rings. The second-order valence-electron chi connectivity index (χ2n) is 5.77. The van der Waals surface area contributed by atoms with Crippen LogP contribution in [0.4, 0.5) is 0 Å². The molecule has 0 aliphatic rings. The van der Waals surface area contributed by atoms with E-state index < -0.39 is 0 Å². The van der Waals surface area contributed by atoms with Gasteiger partial charge in [0, 0.05) is 12.1 Å². The number of aliphatic hydroxyl groups is 1. The molecule has 0 fully saturated rings. The SMILES string of the molecule is COc1ccccc1-c1cc(C(=O)NCC(C)CC(C)O)[nH]n1. The zero-order chi connectivity index (χ0) is 16.8. The summed E-state index contributed by atoms with van der Waals surface area (Å²) in [5.74, 6) is 0.697. The van der Waals surface area contributed by atoms with Crippen molar-refractivity contribution in [3.8, 4) is 17.0 Å². The molecule has 0 saturated heterocycles. The number of ether oxygens (including phenoxy) is 1. The molecule has 2 unspecified atom stereocenters. The third-order valence-corrected chi connectivity index (χ3v) is 3.56. The molecule has 6 nitrogen and oxygen atoms in total. The molecule has 1 heterocycles. The number of benzene rings is 1. The lowest BCUT2D eigenvalue weighted by molar-refractivity contribution is 0.0934. The highest BCUT2D eigenvalue weighted by atomic mass is 16.5. The Hall–Kier alpha value is -2.34. The van der Waals surface area contributed by atoms with Crippen molar-refractivity contribution in [1.29, 1.82) is 0 Å². The minimum atomic E-state index is -0.369. The summed E-state index contributed by atoms with van der Waals surface area (Å²) in [6, 6.07) is 9.21. The molecule has 0 aliphatic carbocycles. The summed E-state index contributed by atoms with van der Waals surface area (Å²) in [4.78, 5) is 12.2. The third-order valence-electron chi connectivity index (χ3n) is 3.56. The van der Waals surface area contributed by atoms with Crippen molar-refractivity contribution in [3.63, 3.8) is 0 Å². The predicted molar refractivity (Wildman–Crippen MR) is 88.4 cm³/mol. The molecule has 1 amide bonds. The molecule has 3 N–H and O–H groups in total. The van der Waals surface area contributed by atoms with E-state index in [1.54, 1.807) is 20.1 Å². The highest BCUT2D eigenvalue weighted by molar-refractivity contribution is 5.93. The molecule has 6 heteroatoms. The number of nitrogens with one attached hydrogen (secondary N) is 2. The fraction of sp³-hybridized carbons (Fsp3) is 0.412. The number of carbonyl (C=O) groups excluding carboxylic acids is 1. The van der Waals surface area contributed by atoms with Gasteiger partial charge in [-0.05, 0) is 37.5 Å². The van der Waals surface area contributed by atoms with E-state index >= 15 is 0 Å². The first-order chi connectivity index (χ1) is 11.0. The van der Waals surface area contributed by atoms with Gasteiger partial charge in [-0.3, -0.25) is 9.89 Å². The number of rotatable bonds is 7. The molecule has 0 saturated carbocycles. The first kappa shape index (κ1) is 17.0. The maximum atomic E-state index is 12.2. The van der Waals surface area contributed by atoms with Crippen LogP contribution in [0.1, 0.15) is 30.8 Å². The summed E-state index contributed by atoms with van der Waals surface area (Å²) in [7, 11) is 1.60. The summed E-state index contributed by atoms with van der Waals surface area (Å²) in [6.07, 6.45) is 0.279. The van der Waals surface area contributed by atoms with E-state index in [-0.39, 0.29) is 17.9 Å². The van der Waals surface area contributed by atoms with Gasteiger partial charge in [-0.15, -0.1) is 0 Å². The monoisotopic (exact) mass is 317 g/mol. The number of aliphatic hydroxyl groups excluding tert-OH is 1. The van der Waals surface area contributed by atoms with Crippen LogP contribution >= 0.6 is 0 Å². The molecule has 2 rings (SSSR count). The number of nitrogens with zero attached hydrogens (tertiary/aromatic N) is 1.